The molecule has 0 aliphatic heterocycles. The predicted molar refractivity (Wildman–Crippen MR) is 53.1 cm³/mol. The Labute approximate surface area is 87.1 Å². The van der Waals surface area contributed by atoms with E-state index in [0.717, 1.165) is 12.7 Å². The van der Waals surface area contributed by atoms with Crippen LogP contribution in [0.5, 0.6) is 0 Å². The molecule has 0 fully saturated rings. The molecule has 0 amide bonds. The summed E-state index contributed by atoms with van der Waals surface area (Å²) in [6.45, 7) is 3.00. The average molecular weight is 214 g/mol. The first-order valence-corrected chi connectivity index (χ1v) is 4.73. The third-order valence-electron chi connectivity index (χ3n) is 1.85. The monoisotopic (exact) mass is 214 g/mol. The number of nitrogens with zero attached hydrogens (tertiary/aromatic N) is 2. The predicted octanol–water partition coefficient (Wildman–Crippen LogP) is 0.581. The number of hydrogen-bond acceptors (Lipinski definition) is 5. The highest BCUT2D eigenvalue weighted by Gasteiger charge is 2.15. The van der Waals surface area contributed by atoms with Crippen LogP contribution < -0.4 is 4.90 Å². The molecule has 0 saturated carbocycles. The fourth-order valence-corrected chi connectivity index (χ4v) is 1.20. The van der Waals surface area contributed by atoms with E-state index in [9.17, 15) is 4.79 Å². The summed E-state index contributed by atoms with van der Waals surface area (Å²) < 4.78 is 5.02. The van der Waals surface area contributed by atoms with E-state index in [-0.39, 0.29) is 18.3 Å². The van der Waals surface area contributed by atoms with Crippen molar-refractivity contribution in [3.63, 3.8) is 0 Å². The van der Waals surface area contributed by atoms with Crippen LogP contribution in [-0.2, 0) is 0 Å². The van der Waals surface area contributed by atoms with Crippen LogP contribution in [-0.4, -0.2) is 40.9 Å². The Balaban J connectivity index is 2.76. The van der Waals surface area contributed by atoms with E-state index in [0.29, 0.717) is 13.1 Å². The summed E-state index contributed by atoms with van der Waals surface area (Å²) in [5.41, 5.74) is -0.121. The van der Waals surface area contributed by atoms with Crippen molar-refractivity contribution in [3.05, 3.63) is 12.0 Å². The maximum atomic E-state index is 10.6. The Hall–Kier alpha value is -1.56. The summed E-state index contributed by atoms with van der Waals surface area (Å²) in [4.78, 5) is 16.1. The number of oxazole rings is 1. The molecule has 1 aromatic rings. The molecule has 15 heavy (non-hydrogen) atoms. The van der Waals surface area contributed by atoms with E-state index in [2.05, 4.69) is 4.98 Å². The molecule has 84 valence electrons. The lowest BCUT2D eigenvalue weighted by Gasteiger charge is -2.17. The number of carboxylic acids is 1. The van der Waals surface area contributed by atoms with Gasteiger partial charge < -0.3 is 19.5 Å². The van der Waals surface area contributed by atoms with Gasteiger partial charge in [0.25, 0.3) is 6.01 Å². The van der Waals surface area contributed by atoms with Gasteiger partial charge in [-0.05, 0) is 6.42 Å². The fraction of sp³-hybridized carbons (Fsp3) is 0.556. The van der Waals surface area contributed by atoms with Gasteiger partial charge in [-0.1, -0.05) is 6.92 Å². The van der Waals surface area contributed by atoms with Crippen molar-refractivity contribution < 1.29 is 19.4 Å². The van der Waals surface area contributed by atoms with Crippen molar-refractivity contribution in [3.8, 4) is 0 Å². The van der Waals surface area contributed by atoms with Gasteiger partial charge in [0.1, 0.15) is 6.26 Å². The summed E-state index contributed by atoms with van der Waals surface area (Å²) in [7, 11) is 0. The zero-order chi connectivity index (χ0) is 11.3. The van der Waals surface area contributed by atoms with Crippen LogP contribution in [0.2, 0.25) is 0 Å². The average Bonchev–Trinajstić information content (AvgIpc) is 2.66. The lowest BCUT2D eigenvalue weighted by Crippen LogP contribution is -2.27. The number of anilines is 1. The smallest absolute Gasteiger partial charge is 0.357 e. The number of rotatable bonds is 6. The van der Waals surface area contributed by atoms with Gasteiger partial charge in [0.05, 0.1) is 6.61 Å². The number of aromatic nitrogens is 1. The zero-order valence-corrected chi connectivity index (χ0v) is 8.51. The van der Waals surface area contributed by atoms with Crippen molar-refractivity contribution in [2.24, 2.45) is 0 Å². The third kappa shape index (κ3) is 2.95. The Morgan fingerprint density at radius 3 is 2.80 bits per heavy atom. The van der Waals surface area contributed by atoms with Crippen molar-refractivity contribution in [2.75, 3.05) is 24.6 Å². The van der Waals surface area contributed by atoms with Gasteiger partial charge >= 0.3 is 5.97 Å². The minimum absolute atomic E-state index is 0.0230. The van der Waals surface area contributed by atoms with Crippen LogP contribution in [0.3, 0.4) is 0 Å². The molecule has 0 spiro atoms. The number of aliphatic hydroxyl groups is 1. The first kappa shape index (κ1) is 11.5. The summed E-state index contributed by atoms with van der Waals surface area (Å²) >= 11 is 0. The van der Waals surface area contributed by atoms with E-state index < -0.39 is 5.97 Å². The molecule has 0 bridgehead atoms. The van der Waals surface area contributed by atoms with E-state index >= 15 is 0 Å². The van der Waals surface area contributed by atoms with E-state index in [4.69, 9.17) is 14.6 Å². The Kier molecular flexibility index (Phi) is 4.11. The quantitative estimate of drug-likeness (QED) is 0.720. The normalized spacial score (nSPS) is 10.3. The lowest BCUT2D eigenvalue weighted by molar-refractivity contribution is 0.0690. The van der Waals surface area contributed by atoms with Crippen LogP contribution in [0.25, 0.3) is 0 Å². The van der Waals surface area contributed by atoms with E-state index in [1.54, 1.807) is 4.90 Å². The minimum atomic E-state index is -1.12. The van der Waals surface area contributed by atoms with Crippen LogP contribution in [0.1, 0.15) is 23.8 Å². The second-order valence-corrected chi connectivity index (χ2v) is 3.03. The number of hydrogen-bond donors (Lipinski definition) is 2. The molecule has 2 N–H and O–H groups in total. The molecule has 6 heteroatoms. The Bertz CT molecular complexity index is 318. The highest BCUT2D eigenvalue weighted by molar-refractivity contribution is 5.85. The molecule has 1 heterocycles. The Morgan fingerprint density at radius 2 is 2.33 bits per heavy atom. The largest absolute Gasteiger partial charge is 0.476 e. The second kappa shape index (κ2) is 5.35. The minimum Gasteiger partial charge on any atom is -0.476 e. The summed E-state index contributed by atoms with van der Waals surface area (Å²) in [5.74, 6) is -1.12. The number of carboxylic acid groups (broad SMARTS) is 1. The van der Waals surface area contributed by atoms with Crippen LogP contribution in [0.4, 0.5) is 6.01 Å². The van der Waals surface area contributed by atoms with Crippen molar-refractivity contribution in [1.29, 1.82) is 0 Å². The summed E-state index contributed by atoms with van der Waals surface area (Å²) in [6.07, 6.45) is 1.96. The molecule has 1 aromatic heterocycles. The lowest BCUT2D eigenvalue weighted by atomic mass is 10.4. The first-order valence-electron chi connectivity index (χ1n) is 4.73. The van der Waals surface area contributed by atoms with Gasteiger partial charge in [0.2, 0.25) is 0 Å². The zero-order valence-electron chi connectivity index (χ0n) is 8.51. The molecule has 0 unspecified atom stereocenters. The molecular formula is C9H14N2O4. The van der Waals surface area contributed by atoms with Gasteiger partial charge in [0, 0.05) is 13.1 Å². The maximum absolute atomic E-state index is 10.6. The third-order valence-corrected chi connectivity index (χ3v) is 1.85. The van der Waals surface area contributed by atoms with Crippen LogP contribution in [0, 0.1) is 0 Å². The van der Waals surface area contributed by atoms with Gasteiger partial charge in [-0.25, -0.2) is 4.79 Å². The molecule has 0 radical (unpaired) electrons. The highest BCUT2D eigenvalue weighted by atomic mass is 16.4. The second-order valence-electron chi connectivity index (χ2n) is 3.03. The number of carbonyl (C=O) groups is 1. The topological polar surface area (TPSA) is 86.8 Å². The molecule has 6 nitrogen and oxygen atoms in total. The van der Waals surface area contributed by atoms with Crippen molar-refractivity contribution >= 4 is 12.0 Å². The van der Waals surface area contributed by atoms with Crippen LogP contribution in [0.15, 0.2) is 10.7 Å². The summed E-state index contributed by atoms with van der Waals surface area (Å²) in [6, 6.07) is 0.239. The SMILES string of the molecule is CCCN(CCO)c1nc(C(=O)O)co1. The van der Waals surface area contributed by atoms with Crippen molar-refractivity contribution in [1.82, 2.24) is 4.98 Å². The Morgan fingerprint density at radius 1 is 1.60 bits per heavy atom. The molecule has 1 rings (SSSR count). The van der Waals surface area contributed by atoms with Gasteiger partial charge in [0.15, 0.2) is 5.69 Å². The standard InChI is InChI=1S/C9H14N2O4/c1-2-3-11(4-5-12)9-10-7(6-15-9)8(13)14/h6,12H,2-5H2,1H3,(H,13,14). The number of aliphatic hydroxyl groups excluding tert-OH is 1. The molecule has 0 atom stereocenters. The van der Waals surface area contributed by atoms with Crippen molar-refractivity contribution in [2.45, 2.75) is 13.3 Å². The van der Waals surface area contributed by atoms with E-state index in [1.165, 1.54) is 0 Å². The highest BCUT2D eigenvalue weighted by Crippen LogP contribution is 2.13. The van der Waals surface area contributed by atoms with Gasteiger partial charge in [-0.15, -0.1) is 0 Å². The molecule has 0 saturated heterocycles. The fourth-order valence-electron chi connectivity index (χ4n) is 1.20. The molecule has 0 aliphatic rings. The van der Waals surface area contributed by atoms with Gasteiger partial charge in [-0.3, -0.25) is 0 Å². The summed E-state index contributed by atoms with van der Waals surface area (Å²) in [5, 5.41) is 17.5. The molecule has 0 aliphatic carbocycles. The van der Waals surface area contributed by atoms with Crippen LogP contribution >= 0.6 is 0 Å². The molecule has 0 aromatic carbocycles. The maximum Gasteiger partial charge on any atom is 0.357 e. The molecular weight excluding hydrogens is 200 g/mol. The first-order chi connectivity index (χ1) is 7.19. The number of aromatic carboxylic acids is 1. The van der Waals surface area contributed by atoms with Gasteiger partial charge in [-0.2, -0.15) is 4.98 Å². The van der Waals surface area contributed by atoms with E-state index in [1.807, 2.05) is 6.92 Å².